The number of aryl methyl sites for hydroxylation is 1. The molecule has 0 unspecified atom stereocenters. The maximum absolute atomic E-state index is 9.92. The van der Waals surface area contributed by atoms with E-state index in [0.29, 0.717) is 22.2 Å². The zero-order valence-electron chi connectivity index (χ0n) is 13.2. The number of halogens is 2. The fourth-order valence-electron chi connectivity index (χ4n) is 2.23. The van der Waals surface area contributed by atoms with Crippen LogP contribution in [0.3, 0.4) is 0 Å². The van der Waals surface area contributed by atoms with Gasteiger partial charge in [0.2, 0.25) is 0 Å². The van der Waals surface area contributed by atoms with E-state index in [9.17, 15) is 5.11 Å². The lowest BCUT2D eigenvalue weighted by atomic mass is 10.1. The van der Waals surface area contributed by atoms with E-state index < -0.39 is 0 Å². The average Bonchev–Trinajstić information content (AvgIpc) is 2.59. The topological polar surface area (TPSA) is 70.4 Å². The van der Waals surface area contributed by atoms with Gasteiger partial charge in [0.15, 0.2) is 0 Å². The van der Waals surface area contributed by atoms with E-state index in [2.05, 4.69) is 20.5 Å². The van der Waals surface area contributed by atoms with Crippen LogP contribution in [0.25, 0.3) is 11.3 Å². The van der Waals surface area contributed by atoms with Crippen molar-refractivity contribution in [1.82, 2.24) is 9.97 Å². The lowest BCUT2D eigenvalue weighted by molar-refractivity contribution is 0.475. The quantitative estimate of drug-likeness (QED) is 0.504. The van der Waals surface area contributed by atoms with E-state index in [1.165, 1.54) is 12.3 Å². The van der Waals surface area contributed by atoms with Crippen molar-refractivity contribution in [2.24, 2.45) is 5.10 Å². The molecule has 25 heavy (non-hydrogen) atoms. The van der Waals surface area contributed by atoms with Gasteiger partial charge in [-0.25, -0.2) is 9.97 Å². The summed E-state index contributed by atoms with van der Waals surface area (Å²) >= 11 is 11.8. The van der Waals surface area contributed by atoms with Crippen molar-refractivity contribution in [3.8, 4) is 17.0 Å². The minimum atomic E-state index is -0.0829. The molecule has 0 aliphatic rings. The highest BCUT2D eigenvalue weighted by Gasteiger charge is 2.06. The lowest BCUT2D eigenvalue weighted by Gasteiger charge is -2.06. The van der Waals surface area contributed by atoms with Crippen LogP contribution in [-0.2, 0) is 0 Å². The molecule has 2 aromatic carbocycles. The fourth-order valence-corrected chi connectivity index (χ4v) is 2.74. The second-order valence-corrected chi connectivity index (χ2v) is 6.09. The van der Waals surface area contributed by atoms with Crippen LogP contribution >= 0.6 is 23.2 Å². The molecular formula is C18H14Cl2N4O. The minimum absolute atomic E-state index is 0.0829. The monoisotopic (exact) mass is 372 g/mol. The van der Waals surface area contributed by atoms with Gasteiger partial charge in [0.1, 0.15) is 17.4 Å². The summed E-state index contributed by atoms with van der Waals surface area (Å²) in [6, 6.07) is 14.6. The first-order chi connectivity index (χ1) is 12.0. The van der Waals surface area contributed by atoms with Crippen LogP contribution in [-0.4, -0.2) is 21.3 Å². The predicted octanol–water partition coefficient (Wildman–Crippen LogP) is 4.91. The number of phenolic OH excluding ortho intramolecular Hbond substituents is 1. The highest BCUT2D eigenvalue weighted by atomic mass is 35.5. The maximum Gasteiger partial charge on any atom is 0.150 e. The van der Waals surface area contributed by atoms with Crippen LogP contribution in [0.15, 0.2) is 53.6 Å². The standard InChI is InChI=1S/C18H14Cl2N4O/c1-11-22-16(12-5-3-2-4-6-12)9-17(23-11)24-21-10-13-7-14(19)8-15(20)18(13)25/h2-10,25H,1H3,(H,22,23,24). The molecule has 0 spiro atoms. The lowest BCUT2D eigenvalue weighted by Crippen LogP contribution is -1.99. The first-order valence-corrected chi connectivity index (χ1v) is 8.17. The summed E-state index contributed by atoms with van der Waals surface area (Å²) < 4.78 is 0. The number of hydrogen-bond donors (Lipinski definition) is 2. The number of rotatable bonds is 4. The van der Waals surface area contributed by atoms with Gasteiger partial charge >= 0.3 is 0 Å². The zero-order valence-corrected chi connectivity index (χ0v) is 14.8. The van der Waals surface area contributed by atoms with Crippen molar-refractivity contribution in [3.05, 3.63) is 70.0 Å². The molecule has 0 saturated carbocycles. The second-order valence-electron chi connectivity index (χ2n) is 5.25. The number of nitrogens with one attached hydrogen (secondary N) is 1. The van der Waals surface area contributed by atoms with Gasteiger partial charge < -0.3 is 5.11 Å². The van der Waals surface area contributed by atoms with Crippen molar-refractivity contribution < 1.29 is 5.11 Å². The summed E-state index contributed by atoms with van der Waals surface area (Å²) in [5.41, 5.74) is 5.01. The molecule has 0 fully saturated rings. The second kappa shape index (κ2) is 7.51. The van der Waals surface area contributed by atoms with Gasteiger partial charge in [-0.2, -0.15) is 5.10 Å². The van der Waals surface area contributed by atoms with E-state index >= 15 is 0 Å². The third-order valence-corrected chi connectivity index (χ3v) is 3.85. The van der Waals surface area contributed by atoms with Gasteiger partial charge in [-0.05, 0) is 19.1 Å². The molecule has 0 amide bonds. The molecule has 0 bridgehead atoms. The van der Waals surface area contributed by atoms with Crippen LogP contribution in [0.2, 0.25) is 10.0 Å². The first-order valence-electron chi connectivity index (χ1n) is 7.41. The third-order valence-electron chi connectivity index (χ3n) is 3.35. The summed E-state index contributed by atoms with van der Waals surface area (Å²) in [5, 5.41) is 14.6. The minimum Gasteiger partial charge on any atom is -0.506 e. The molecule has 1 heterocycles. The summed E-state index contributed by atoms with van der Waals surface area (Å²) in [7, 11) is 0. The number of benzene rings is 2. The Hall–Kier alpha value is -2.63. The Bertz CT molecular complexity index is 930. The molecule has 7 heteroatoms. The van der Waals surface area contributed by atoms with Crippen molar-refractivity contribution in [1.29, 1.82) is 0 Å². The summed E-state index contributed by atoms with van der Waals surface area (Å²) in [4.78, 5) is 8.73. The number of aromatic nitrogens is 2. The van der Waals surface area contributed by atoms with Gasteiger partial charge in [-0.3, -0.25) is 5.43 Å². The average molecular weight is 373 g/mol. The number of phenols is 1. The highest BCUT2D eigenvalue weighted by molar-refractivity contribution is 6.36. The number of aromatic hydroxyl groups is 1. The van der Waals surface area contributed by atoms with E-state index in [-0.39, 0.29) is 10.8 Å². The van der Waals surface area contributed by atoms with Gasteiger partial charge in [0, 0.05) is 22.2 Å². The Balaban J connectivity index is 1.83. The third kappa shape index (κ3) is 4.26. The van der Waals surface area contributed by atoms with Gasteiger partial charge in [0.05, 0.1) is 16.9 Å². The van der Waals surface area contributed by atoms with Gasteiger partial charge in [-0.15, -0.1) is 0 Å². The molecule has 0 radical (unpaired) electrons. The molecule has 0 aliphatic carbocycles. The molecule has 1 aromatic heterocycles. The van der Waals surface area contributed by atoms with E-state index in [4.69, 9.17) is 23.2 Å². The summed E-state index contributed by atoms with van der Waals surface area (Å²) in [6.45, 7) is 1.81. The van der Waals surface area contributed by atoms with Crippen LogP contribution in [0.4, 0.5) is 5.82 Å². The molecule has 126 valence electrons. The van der Waals surface area contributed by atoms with Gasteiger partial charge in [-0.1, -0.05) is 53.5 Å². The van der Waals surface area contributed by atoms with Crippen LogP contribution in [0.5, 0.6) is 5.75 Å². The number of hydrazone groups is 1. The van der Waals surface area contributed by atoms with Gasteiger partial charge in [0.25, 0.3) is 0 Å². The van der Waals surface area contributed by atoms with Crippen molar-refractivity contribution >= 4 is 35.2 Å². The van der Waals surface area contributed by atoms with Crippen LogP contribution < -0.4 is 5.43 Å². The molecule has 0 aliphatic heterocycles. The van der Waals surface area contributed by atoms with Crippen molar-refractivity contribution in [3.63, 3.8) is 0 Å². The molecule has 3 rings (SSSR count). The Labute approximate surface area is 155 Å². The number of anilines is 1. The normalized spacial score (nSPS) is 11.0. The molecule has 3 aromatic rings. The largest absolute Gasteiger partial charge is 0.506 e. The fraction of sp³-hybridized carbons (Fsp3) is 0.0556. The molecule has 0 atom stereocenters. The predicted molar refractivity (Wildman–Crippen MR) is 102 cm³/mol. The molecule has 2 N–H and O–H groups in total. The number of nitrogens with zero attached hydrogens (tertiary/aromatic N) is 3. The Morgan fingerprint density at radius 3 is 2.60 bits per heavy atom. The first kappa shape index (κ1) is 17.2. The smallest absolute Gasteiger partial charge is 0.150 e. The SMILES string of the molecule is Cc1nc(NN=Cc2cc(Cl)cc(Cl)c2O)cc(-c2ccccc2)n1. The van der Waals surface area contributed by atoms with E-state index in [1.807, 2.05) is 37.3 Å². The maximum atomic E-state index is 9.92. The Morgan fingerprint density at radius 1 is 1.08 bits per heavy atom. The molecule has 0 saturated heterocycles. The van der Waals surface area contributed by atoms with E-state index in [0.717, 1.165) is 11.3 Å². The Kier molecular flexibility index (Phi) is 5.16. The zero-order chi connectivity index (χ0) is 17.8. The van der Waals surface area contributed by atoms with E-state index in [1.54, 1.807) is 12.1 Å². The van der Waals surface area contributed by atoms with Crippen LogP contribution in [0, 0.1) is 6.92 Å². The van der Waals surface area contributed by atoms with Crippen molar-refractivity contribution in [2.75, 3.05) is 5.43 Å². The Morgan fingerprint density at radius 2 is 1.84 bits per heavy atom. The summed E-state index contributed by atoms with van der Waals surface area (Å²) in [5.74, 6) is 1.07. The molecule has 5 nitrogen and oxygen atoms in total. The molecular weight excluding hydrogens is 359 g/mol. The number of hydrogen-bond acceptors (Lipinski definition) is 5. The summed E-state index contributed by atoms with van der Waals surface area (Å²) in [6.07, 6.45) is 1.42. The van der Waals surface area contributed by atoms with Crippen molar-refractivity contribution in [2.45, 2.75) is 6.92 Å². The van der Waals surface area contributed by atoms with Crippen LogP contribution in [0.1, 0.15) is 11.4 Å². The highest BCUT2D eigenvalue weighted by Crippen LogP contribution is 2.30.